The van der Waals surface area contributed by atoms with Gasteiger partial charge in [-0.05, 0) is 43.2 Å². The van der Waals surface area contributed by atoms with Crippen LogP contribution in [0.4, 0.5) is 0 Å². The first-order chi connectivity index (χ1) is 12.4. The number of hydrogen-bond donors (Lipinski definition) is 1. The maximum Gasteiger partial charge on any atom is 0.354 e. The number of nitrogens with zero attached hydrogens (tertiary/aromatic N) is 2. The fraction of sp³-hybridized carbons (Fsp3) is 0.300. The zero-order chi connectivity index (χ0) is 18.5. The molecule has 2 aromatic heterocycles. The molecule has 1 aliphatic carbocycles. The molecule has 1 saturated carbocycles. The molecule has 0 radical (unpaired) electrons. The van der Waals surface area contributed by atoms with Gasteiger partial charge >= 0.3 is 5.97 Å². The zero-order valence-electron chi connectivity index (χ0n) is 14.6. The highest BCUT2D eigenvalue weighted by molar-refractivity contribution is 6.32. The van der Waals surface area contributed by atoms with Crippen molar-refractivity contribution in [1.82, 2.24) is 9.55 Å². The highest BCUT2D eigenvalue weighted by Crippen LogP contribution is 2.49. The summed E-state index contributed by atoms with van der Waals surface area (Å²) in [6.07, 6.45) is 2.27. The fourth-order valence-corrected chi connectivity index (χ4v) is 3.62. The smallest absolute Gasteiger partial charge is 0.354 e. The number of aromatic nitrogens is 2. The van der Waals surface area contributed by atoms with Gasteiger partial charge in [-0.15, -0.1) is 0 Å². The number of hydrogen-bond acceptors (Lipinski definition) is 3. The van der Waals surface area contributed by atoms with E-state index in [2.05, 4.69) is 22.5 Å². The molecule has 0 unspecified atom stereocenters. The largest absolute Gasteiger partial charge is 0.495 e. The average Bonchev–Trinajstić information content (AvgIpc) is 3.27. The predicted molar refractivity (Wildman–Crippen MR) is 100 cm³/mol. The molecule has 0 spiro atoms. The lowest BCUT2D eigenvalue weighted by atomic mass is 10.1. The summed E-state index contributed by atoms with van der Waals surface area (Å²) in [5, 5.41) is 10.8. The van der Waals surface area contributed by atoms with Gasteiger partial charge in [-0.2, -0.15) is 0 Å². The number of pyridine rings is 1. The minimum absolute atomic E-state index is 0.0536. The fourth-order valence-electron chi connectivity index (χ4n) is 3.38. The van der Waals surface area contributed by atoms with E-state index in [0.717, 1.165) is 23.7 Å². The van der Waals surface area contributed by atoms with Gasteiger partial charge in [-0.25, -0.2) is 9.78 Å². The summed E-state index contributed by atoms with van der Waals surface area (Å²) < 4.78 is 7.54. The molecule has 0 aliphatic heterocycles. The minimum Gasteiger partial charge on any atom is -0.495 e. The monoisotopic (exact) mass is 370 g/mol. The van der Waals surface area contributed by atoms with Gasteiger partial charge in [0.1, 0.15) is 11.4 Å². The average molecular weight is 371 g/mol. The summed E-state index contributed by atoms with van der Waals surface area (Å²) in [6, 6.07) is 11.1. The molecular formula is C20H19ClN2O3. The summed E-state index contributed by atoms with van der Waals surface area (Å²) in [4.78, 5) is 15.5. The normalized spacial score (nSPS) is 15.2. The molecule has 26 heavy (non-hydrogen) atoms. The van der Waals surface area contributed by atoms with Gasteiger partial charge in [0.15, 0.2) is 0 Å². The van der Waals surface area contributed by atoms with Crippen LogP contribution in [0.3, 0.4) is 0 Å². The summed E-state index contributed by atoms with van der Waals surface area (Å²) in [5.74, 6) is -0.374. The first-order valence-electron chi connectivity index (χ1n) is 8.48. The Kier molecular flexibility index (Phi) is 3.92. The Morgan fingerprint density at radius 2 is 2.12 bits per heavy atom. The molecule has 1 N–H and O–H groups in total. The van der Waals surface area contributed by atoms with Gasteiger partial charge in [-0.3, -0.25) is 0 Å². The quantitative estimate of drug-likeness (QED) is 0.718. The molecular weight excluding hydrogens is 352 g/mol. The molecule has 3 aromatic rings. The van der Waals surface area contributed by atoms with Crippen molar-refractivity contribution >= 4 is 28.5 Å². The van der Waals surface area contributed by atoms with Crippen LogP contribution in [0.15, 0.2) is 36.4 Å². The van der Waals surface area contributed by atoms with Crippen LogP contribution >= 0.6 is 11.6 Å². The van der Waals surface area contributed by atoms with Crippen LogP contribution in [-0.4, -0.2) is 27.7 Å². The van der Waals surface area contributed by atoms with Gasteiger partial charge in [0.2, 0.25) is 0 Å². The van der Waals surface area contributed by atoms with E-state index in [4.69, 9.17) is 16.3 Å². The van der Waals surface area contributed by atoms with Crippen LogP contribution in [0, 0.1) is 0 Å². The Balaban J connectivity index is 1.86. The van der Waals surface area contributed by atoms with E-state index in [-0.39, 0.29) is 11.1 Å². The van der Waals surface area contributed by atoms with Crippen molar-refractivity contribution in [3.05, 3.63) is 58.5 Å². The molecule has 1 aromatic carbocycles. The van der Waals surface area contributed by atoms with Crippen molar-refractivity contribution in [2.75, 3.05) is 7.11 Å². The number of fused-ring (bicyclic) bond motifs is 1. The maximum absolute atomic E-state index is 11.2. The van der Waals surface area contributed by atoms with E-state index in [1.807, 2.05) is 18.2 Å². The Morgan fingerprint density at radius 1 is 1.35 bits per heavy atom. The first kappa shape index (κ1) is 16.9. The number of benzene rings is 1. The molecule has 1 aliphatic rings. The second-order valence-electron chi connectivity index (χ2n) is 7.04. The summed E-state index contributed by atoms with van der Waals surface area (Å²) in [5.41, 5.74) is 3.13. The third kappa shape index (κ3) is 2.82. The molecule has 0 atom stereocenters. The predicted octanol–water partition coefficient (Wildman–Crippen LogP) is 4.50. The van der Waals surface area contributed by atoms with E-state index >= 15 is 0 Å². The molecule has 134 valence electrons. The summed E-state index contributed by atoms with van der Waals surface area (Å²) in [6.45, 7) is 2.75. The van der Waals surface area contributed by atoms with Crippen molar-refractivity contribution in [3.8, 4) is 5.75 Å². The van der Waals surface area contributed by atoms with Gasteiger partial charge < -0.3 is 14.4 Å². The number of aromatic carboxylic acids is 1. The van der Waals surface area contributed by atoms with Gasteiger partial charge in [0.25, 0.3) is 0 Å². The molecule has 0 bridgehead atoms. The Labute approximate surface area is 156 Å². The number of halogens is 1. The number of ether oxygens (including phenoxy) is 1. The number of rotatable bonds is 5. The van der Waals surface area contributed by atoms with Crippen LogP contribution in [0.1, 0.15) is 41.6 Å². The van der Waals surface area contributed by atoms with Gasteiger partial charge in [-0.1, -0.05) is 24.6 Å². The minimum atomic E-state index is -1.02. The Morgan fingerprint density at radius 3 is 2.77 bits per heavy atom. The molecule has 1 fully saturated rings. The van der Waals surface area contributed by atoms with Crippen molar-refractivity contribution < 1.29 is 14.6 Å². The van der Waals surface area contributed by atoms with Crippen molar-refractivity contribution in [1.29, 1.82) is 0 Å². The number of carboxylic acid groups (broad SMARTS) is 1. The second-order valence-corrected chi connectivity index (χ2v) is 7.45. The molecule has 0 amide bonds. The Bertz CT molecular complexity index is 1020. The summed E-state index contributed by atoms with van der Waals surface area (Å²) in [7, 11) is 1.61. The second kappa shape index (κ2) is 6.02. The highest BCUT2D eigenvalue weighted by atomic mass is 35.5. The van der Waals surface area contributed by atoms with E-state index in [0.29, 0.717) is 23.0 Å². The third-order valence-electron chi connectivity index (χ3n) is 5.14. The molecule has 6 heteroatoms. The van der Waals surface area contributed by atoms with E-state index < -0.39 is 5.97 Å². The van der Waals surface area contributed by atoms with Crippen molar-refractivity contribution in [3.63, 3.8) is 0 Å². The lowest BCUT2D eigenvalue weighted by Crippen LogP contribution is -2.13. The van der Waals surface area contributed by atoms with E-state index in [1.54, 1.807) is 13.2 Å². The van der Waals surface area contributed by atoms with Crippen LogP contribution in [0.25, 0.3) is 10.9 Å². The zero-order valence-corrected chi connectivity index (χ0v) is 15.4. The van der Waals surface area contributed by atoms with Crippen LogP contribution in [0.2, 0.25) is 5.02 Å². The van der Waals surface area contributed by atoms with E-state index in [9.17, 15) is 9.90 Å². The number of methoxy groups -OCH3 is 1. The number of carboxylic acids is 1. The lowest BCUT2D eigenvalue weighted by Gasteiger charge is -2.15. The molecule has 5 nitrogen and oxygen atoms in total. The highest BCUT2D eigenvalue weighted by Gasteiger charge is 2.42. The summed E-state index contributed by atoms with van der Waals surface area (Å²) >= 11 is 6.35. The lowest BCUT2D eigenvalue weighted by molar-refractivity contribution is 0.0690. The van der Waals surface area contributed by atoms with Crippen LogP contribution in [-0.2, 0) is 12.0 Å². The van der Waals surface area contributed by atoms with Crippen molar-refractivity contribution in [2.24, 2.45) is 0 Å². The van der Waals surface area contributed by atoms with Crippen LogP contribution in [0.5, 0.6) is 5.75 Å². The standard InChI is InChI=1S/C20H19ClN2O3/c1-20(6-7-20)18-9-12-8-17(26-2)14(21)10-16(12)23(18)11-13-4-3-5-15(22-13)19(24)25/h3-5,8-10H,6-7,11H2,1-2H3,(H,24,25). The SMILES string of the molecule is COc1cc2cc(C3(C)CC3)n(Cc3cccc(C(=O)O)n3)c2cc1Cl. The molecule has 4 rings (SSSR count). The van der Waals surface area contributed by atoms with Crippen LogP contribution < -0.4 is 4.74 Å². The third-order valence-corrected chi connectivity index (χ3v) is 5.43. The maximum atomic E-state index is 11.2. The first-order valence-corrected chi connectivity index (χ1v) is 8.85. The van der Waals surface area contributed by atoms with E-state index in [1.165, 1.54) is 11.8 Å². The van der Waals surface area contributed by atoms with Gasteiger partial charge in [0.05, 0.1) is 29.9 Å². The number of carbonyl (C=O) groups is 1. The van der Waals surface area contributed by atoms with Crippen molar-refractivity contribution in [2.45, 2.75) is 31.7 Å². The Hall–Kier alpha value is -2.53. The topological polar surface area (TPSA) is 64.3 Å². The molecule has 2 heterocycles. The van der Waals surface area contributed by atoms with Gasteiger partial charge in [0, 0.05) is 16.5 Å². The molecule has 0 saturated heterocycles.